The Balaban J connectivity index is 3.49. The molecule has 80 valence electrons. The van der Waals surface area contributed by atoms with E-state index in [1.165, 1.54) is 0 Å². The van der Waals surface area contributed by atoms with Crippen molar-refractivity contribution in [3.8, 4) is 0 Å². The van der Waals surface area contributed by atoms with Crippen LogP contribution < -0.4 is 0 Å². The van der Waals surface area contributed by atoms with Crippen LogP contribution in [0.15, 0.2) is 0 Å². The van der Waals surface area contributed by atoms with Crippen molar-refractivity contribution >= 4 is 7.82 Å². The average Bonchev–Trinajstić information content (AvgIpc) is 2.05. The Hall–Kier alpha value is -0.0500. The lowest BCUT2D eigenvalue weighted by Gasteiger charge is -2.08. The summed E-state index contributed by atoms with van der Waals surface area (Å²) >= 11 is 0. The largest absolute Gasteiger partial charge is 0.526 e. The minimum absolute atomic E-state index is 0.270. The van der Waals surface area contributed by atoms with Crippen LogP contribution in [-0.2, 0) is 23.7 Å². The first-order valence-corrected chi connectivity index (χ1v) is 4.79. The fraction of sp³-hybridized carbons (Fsp3) is 1.00. The third-order valence-corrected chi connectivity index (χ3v) is 1.23. The highest BCUT2D eigenvalue weighted by Crippen LogP contribution is 2.43. The second-order valence-electron chi connectivity index (χ2n) is 1.71. The van der Waals surface area contributed by atoms with Gasteiger partial charge >= 0.3 is 7.82 Å². The van der Waals surface area contributed by atoms with E-state index in [0.29, 0.717) is 0 Å². The van der Waals surface area contributed by atoms with Gasteiger partial charge < -0.3 is 10.2 Å². The summed E-state index contributed by atoms with van der Waals surface area (Å²) in [6, 6.07) is 0. The molecule has 0 amide bonds. The monoisotopic (exact) mass is 218 g/mol. The van der Waals surface area contributed by atoms with Crippen molar-refractivity contribution in [2.24, 2.45) is 0 Å². The highest BCUT2D eigenvalue weighted by molar-refractivity contribution is 7.47. The summed E-state index contributed by atoms with van der Waals surface area (Å²) < 4.78 is 18.3. The maximum Gasteiger partial charge on any atom is 0.526 e. The smallest absolute Gasteiger partial charge is 0.394 e. The van der Waals surface area contributed by atoms with Crippen molar-refractivity contribution in [3.63, 3.8) is 0 Å². The minimum Gasteiger partial charge on any atom is -0.394 e. The molecule has 0 atom stereocenters. The maximum absolute atomic E-state index is 10.7. The van der Waals surface area contributed by atoms with E-state index in [0.717, 1.165) is 0 Å². The van der Waals surface area contributed by atoms with Crippen LogP contribution in [0.5, 0.6) is 0 Å². The third kappa shape index (κ3) is 8.28. The minimum atomic E-state index is -4.42. The molecule has 0 unspecified atom stereocenters. The molecular weight excluding hydrogens is 207 g/mol. The molecule has 9 heteroatoms. The van der Waals surface area contributed by atoms with E-state index in [9.17, 15) is 4.57 Å². The molecule has 8 nitrogen and oxygen atoms in total. The van der Waals surface area contributed by atoms with Crippen LogP contribution in [-0.4, -0.2) is 41.5 Å². The summed E-state index contributed by atoms with van der Waals surface area (Å²) in [6.07, 6.45) is 0. The summed E-state index contributed by atoms with van der Waals surface area (Å²) in [6.45, 7) is -1.27. The van der Waals surface area contributed by atoms with Crippen molar-refractivity contribution in [1.29, 1.82) is 0 Å². The Kier molecular flexibility index (Phi) is 7.33. The molecule has 0 saturated carbocycles. The van der Waals surface area contributed by atoms with Gasteiger partial charge in [0.2, 0.25) is 0 Å². The molecule has 3 N–H and O–H groups in total. The number of hydrogen-bond acceptors (Lipinski definition) is 7. The van der Waals surface area contributed by atoms with E-state index < -0.39 is 7.82 Å². The number of aliphatic hydroxyl groups is 2. The lowest BCUT2D eigenvalue weighted by molar-refractivity contribution is -0.282. The Bertz CT molecular complexity index is 146. The van der Waals surface area contributed by atoms with E-state index in [1.54, 1.807) is 0 Å². The van der Waals surface area contributed by atoms with Crippen molar-refractivity contribution < 1.29 is 38.8 Å². The van der Waals surface area contributed by atoms with E-state index in [-0.39, 0.29) is 26.4 Å². The predicted molar refractivity (Wildman–Crippen MR) is 38.1 cm³/mol. The summed E-state index contributed by atoms with van der Waals surface area (Å²) in [5, 5.41) is 16.4. The van der Waals surface area contributed by atoms with Gasteiger partial charge in [-0.2, -0.15) is 0 Å². The van der Waals surface area contributed by atoms with Crippen molar-refractivity contribution in [2.45, 2.75) is 0 Å². The Morgan fingerprint density at radius 3 is 1.69 bits per heavy atom. The Labute approximate surface area is 74.1 Å². The fourth-order valence-corrected chi connectivity index (χ4v) is 0.735. The molecule has 0 aliphatic heterocycles. The fourth-order valence-electron chi connectivity index (χ4n) is 0.295. The molecule has 0 aliphatic rings. The van der Waals surface area contributed by atoms with Crippen LogP contribution in [0.4, 0.5) is 0 Å². The molecule has 0 spiro atoms. The number of rotatable bonds is 8. The zero-order chi connectivity index (χ0) is 10.2. The summed E-state index contributed by atoms with van der Waals surface area (Å²) in [5.41, 5.74) is 0. The standard InChI is InChI=1S/C4H11O8P/c5-1-3-9-11-13(7,8)12-10-4-2-6/h5-6H,1-4H2,(H,7,8). The molecule has 0 aliphatic carbocycles. The molecular formula is C4H11O8P. The second-order valence-corrected chi connectivity index (χ2v) is 2.94. The molecule has 0 heterocycles. The molecule has 0 saturated heterocycles. The zero-order valence-corrected chi connectivity index (χ0v) is 7.55. The summed E-state index contributed by atoms with van der Waals surface area (Å²) in [7, 11) is -4.42. The van der Waals surface area contributed by atoms with Gasteiger partial charge in [-0.05, 0) is 0 Å². The Morgan fingerprint density at radius 2 is 1.38 bits per heavy atom. The van der Waals surface area contributed by atoms with Gasteiger partial charge in [-0.15, -0.1) is 9.35 Å². The first-order chi connectivity index (χ1) is 6.12. The van der Waals surface area contributed by atoms with E-state index in [1.807, 2.05) is 0 Å². The average molecular weight is 218 g/mol. The van der Waals surface area contributed by atoms with Gasteiger partial charge in [0.1, 0.15) is 13.2 Å². The van der Waals surface area contributed by atoms with Gasteiger partial charge in [-0.25, -0.2) is 14.3 Å². The molecule has 0 aromatic carbocycles. The van der Waals surface area contributed by atoms with Gasteiger partial charge in [0.15, 0.2) is 0 Å². The molecule has 13 heavy (non-hydrogen) atoms. The van der Waals surface area contributed by atoms with E-state index in [4.69, 9.17) is 15.1 Å². The van der Waals surface area contributed by atoms with E-state index in [2.05, 4.69) is 19.1 Å². The molecule has 0 rings (SSSR count). The molecule has 0 aromatic heterocycles. The van der Waals surface area contributed by atoms with Crippen molar-refractivity contribution in [3.05, 3.63) is 0 Å². The highest BCUT2D eigenvalue weighted by atomic mass is 31.2. The third-order valence-electron chi connectivity index (χ3n) is 0.643. The number of hydrogen-bond donors (Lipinski definition) is 3. The van der Waals surface area contributed by atoms with E-state index >= 15 is 0 Å². The van der Waals surface area contributed by atoms with Crippen LogP contribution >= 0.6 is 7.82 Å². The van der Waals surface area contributed by atoms with Crippen molar-refractivity contribution in [1.82, 2.24) is 0 Å². The first kappa shape index (κ1) is 12.9. The molecule has 0 aromatic rings. The normalized spacial score (nSPS) is 11.9. The van der Waals surface area contributed by atoms with Gasteiger partial charge in [0, 0.05) is 0 Å². The summed E-state index contributed by atoms with van der Waals surface area (Å²) in [5.74, 6) is 0. The molecule has 0 bridgehead atoms. The second kappa shape index (κ2) is 7.36. The van der Waals surface area contributed by atoms with Gasteiger partial charge in [-0.3, -0.25) is 4.89 Å². The van der Waals surface area contributed by atoms with Gasteiger partial charge in [-0.1, -0.05) is 0 Å². The summed E-state index contributed by atoms with van der Waals surface area (Å²) in [4.78, 5) is 16.8. The van der Waals surface area contributed by atoms with Crippen LogP contribution in [0.2, 0.25) is 0 Å². The maximum atomic E-state index is 10.7. The zero-order valence-electron chi connectivity index (χ0n) is 6.66. The lowest BCUT2D eigenvalue weighted by Crippen LogP contribution is -2.03. The van der Waals surface area contributed by atoms with Crippen molar-refractivity contribution in [2.75, 3.05) is 26.4 Å². The molecule has 0 radical (unpaired) electrons. The van der Waals surface area contributed by atoms with Gasteiger partial charge in [0.05, 0.1) is 13.2 Å². The SMILES string of the molecule is O=P(O)(OOCCO)OOCCO. The van der Waals surface area contributed by atoms with Crippen LogP contribution in [0.3, 0.4) is 0 Å². The number of phosphoric acid groups is 1. The highest BCUT2D eigenvalue weighted by Gasteiger charge is 2.24. The first-order valence-electron chi connectivity index (χ1n) is 3.29. The number of aliphatic hydroxyl groups excluding tert-OH is 2. The topological polar surface area (TPSA) is 115 Å². The van der Waals surface area contributed by atoms with Crippen LogP contribution in [0, 0.1) is 0 Å². The van der Waals surface area contributed by atoms with Gasteiger partial charge in [0.25, 0.3) is 0 Å². The lowest BCUT2D eigenvalue weighted by atomic mass is 10.8. The van der Waals surface area contributed by atoms with Crippen LogP contribution in [0.25, 0.3) is 0 Å². The Morgan fingerprint density at radius 1 is 1.00 bits per heavy atom. The predicted octanol–water partition coefficient (Wildman–Crippen LogP) is -1.03. The van der Waals surface area contributed by atoms with Crippen LogP contribution in [0.1, 0.15) is 0 Å². The molecule has 0 fully saturated rings. The quantitative estimate of drug-likeness (QED) is 0.205.